The Morgan fingerprint density at radius 2 is 1.86 bits per heavy atom. The summed E-state index contributed by atoms with van der Waals surface area (Å²) in [4.78, 5) is 29.8. The molecule has 2 amide bonds. The quantitative estimate of drug-likeness (QED) is 0.402. The smallest absolute Gasteiger partial charge is 0.408 e. The minimum absolute atomic E-state index is 0.0302. The van der Waals surface area contributed by atoms with E-state index in [1.165, 1.54) is 0 Å². The normalized spacial score (nSPS) is 16.6. The zero-order valence-electron chi connectivity index (χ0n) is 20.9. The predicted octanol–water partition coefficient (Wildman–Crippen LogP) is 2.38. The molecule has 1 fully saturated rings. The van der Waals surface area contributed by atoms with Crippen molar-refractivity contribution in [2.45, 2.75) is 82.4 Å². The van der Waals surface area contributed by atoms with Crippen LogP contribution in [0.5, 0.6) is 0 Å². The summed E-state index contributed by atoms with van der Waals surface area (Å²) in [5.74, 6) is -1.04. The van der Waals surface area contributed by atoms with Gasteiger partial charge in [0.05, 0.1) is 17.5 Å². The first-order valence-corrected chi connectivity index (χ1v) is 13.7. The molecule has 11 nitrogen and oxygen atoms in total. The van der Waals surface area contributed by atoms with E-state index in [-0.39, 0.29) is 24.0 Å². The van der Waals surface area contributed by atoms with Crippen LogP contribution in [0.2, 0.25) is 0 Å². The second-order valence-electron chi connectivity index (χ2n) is 9.97. The van der Waals surface area contributed by atoms with E-state index in [1.54, 1.807) is 58.0 Å². The van der Waals surface area contributed by atoms with E-state index < -0.39 is 51.4 Å². The number of amides is 2. The number of rotatable bonds is 11. The number of nitrogens with zero attached hydrogens (tertiary/aromatic N) is 2. The van der Waals surface area contributed by atoms with E-state index in [2.05, 4.69) is 20.8 Å². The van der Waals surface area contributed by atoms with E-state index in [0.717, 1.165) is 12.8 Å². The van der Waals surface area contributed by atoms with Gasteiger partial charge < -0.3 is 25.0 Å². The van der Waals surface area contributed by atoms with Gasteiger partial charge in [-0.25, -0.2) is 13.2 Å². The highest BCUT2D eigenvalue weighted by molar-refractivity contribution is 7.90. The number of carbonyl (C=O) groups is 2. The number of sulfone groups is 1. The Labute approximate surface area is 210 Å². The first kappa shape index (κ1) is 27.6. The molecule has 0 aliphatic heterocycles. The van der Waals surface area contributed by atoms with Gasteiger partial charge in [0.25, 0.3) is 5.89 Å². The summed E-state index contributed by atoms with van der Waals surface area (Å²) in [5.41, 5.74) is -0.299. The summed E-state index contributed by atoms with van der Waals surface area (Å²) in [6.07, 6.45) is -0.0415. The van der Waals surface area contributed by atoms with Crippen LogP contribution in [-0.4, -0.2) is 59.1 Å². The average molecular weight is 523 g/mol. The molecule has 198 valence electrons. The van der Waals surface area contributed by atoms with Gasteiger partial charge in [-0.15, -0.1) is 0 Å². The van der Waals surface area contributed by atoms with Crippen LogP contribution in [0.25, 0.3) is 0 Å². The van der Waals surface area contributed by atoms with Crippen molar-refractivity contribution in [2.75, 3.05) is 5.75 Å². The summed E-state index contributed by atoms with van der Waals surface area (Å²) in [7, 11) is -3.82. The van der Waals surface area contributed by atoms with Crippen molar-refractivity contribution in [2.24, 2.45) is 0 Å². The third-order valence-corrected chi connectivity index (χ3v) is 7.07. The first-order valence-electron chi connectivity index (χ1n) is 11.9. The average Bonchev–Trinajstić information content (AvgIpc) is 3.51. The Bertz CT molecular complexity index is 1140. The molecule has 0 bridgehead atoms. The highest BCUT2D eigenvalue weighted by Gasteiger charge is 2.35. The number of aliphatic hydroxyl groups excluding tert-OH is 1. The van der Waals surface area contributed by atoms with E-state index >= 15 is 0 Å². The van der Waals surface area contributed by atoms with Gasteiger partial charge in [0.1, 0.15) is 11.6 Å². The van der Waals surface area contributed by atoms with Gasteiger partial charge in [-0.05, 0) is 45.6 Å². The molecule has 3 N–H and O–H groups in total. The molecule has 0 saturated heterocycles. The standard InChI is InChI=1S/C24H34N4O7S/c1-5-17(19(29)22-27-20(28-35-22)16-11-12-16)25-21(30)18(26-23(31)34-24(2,3)4)14-36(32,33)13-15-9-7-6-8-10-15/h6-10,16-19,29H,5,11-14H2,1-4H3,(H,25,30)(H,26,31)/t17-,18-,19-/m0/s1. The van der Waals surface area contributed by atoms with Gasteiger partial charge >= 0.3 is 6.09 Å². The summed E-state index contributed by atoms with van der Waals surface area (Å²) in [5, 5.41) is 19.6. The lowest BCUT2D eigenvalue weighted by molar-refractivity contribution is -0.124. The second kappa shape index (κ2) is 11.4. The molecule has 1 aromatic heterocycles. The van der Waals surface area contributed by atoms with Gasteiger partial charge in [0.15, 0.2) is 21.8 Å². The molecule has 2 aromatic rings. The highest BCUT2D eigenvalue weighted by Crippen LogP contribution is 2.38. The third-order valence-electron chi connectivity index (χ3n) is 5.46. The van der Waals surface area contributed by atoms with Gasteiger partial charge in [0.2, 0.25) is 5.91 Å². The molecule has 3 rings (SSSR count). The second-order valence-corrected chi connectivity index (χ2v) is 12.1. The number of nitrogens with one attached hydrogen (secondary N) is 2. The molecule has 0 spiro atoms. The minimum atomic E-state index is -3.82. The number of carbonyl (C=O) groups excluding carboxylic acids is 2. The fourth-order valence-corrected chi connectivity index (χ4v) is 5.07. The number of hydrogen-bond acceptors (Lipinski definition) is 9. The lowest BCUT2D eigenvalue weighted by atomic mass is 10.1. The van der Waals surface area contributed by atoms with Crippen molar-refractivity contribution < 1.29 is 32.4 Å². The van der Waals surface area contributed by atoms with E-state index in [9.17, 15) is 23.1 Å². The minimum Gasteiger partial charge on any atom is -0.444 e. The van der Waals surface area contributed by atoms with Crippen LogP contribution in [0.15, 0.2) is 34.9 Å². The number of aliphatic hydroxyl groups is 1. The number of benzene rings is 1. The Hall–Kier alpha value is -2.99. The van der Waals surface area contributed by atoms with Crippen LogP contribution in [0.1, 0.15) is 76.3 Å². The fourth-order valence-electron chi connectivity index (χ4n) is 3.51. The monoisotopic (exact) mass is 522 g/mol. The Morgan fingerprint density at radius 1 is 1.19 bits per heavy atom. The topological polar surface area (TPSA) is 161 Å². The third kappa shape index (κ3) is 8.30. The molecule has 1 aromatic carbocycles. The Kier molecular flexibility index (Phi) is 8.72. The maximum atomic E-state index is 13.2. The molecular formula is C24H34N4O7S. The van der Waals surface area contributed by atoms with Gasteiger partial charge in [0, 0.05) is 5.92 Å². The lowest BCUT2D eigenvalue weighted by Crippen LogP contribution is -2.54. The van der Waals surface area contributed by atoms with Crippen LogP contribution >= 0.6 is 0 Å². The number of ether oxygens (including phenoxy) is 1. The van der Waals surface area contributed by atoms with Crippen molar-refractivity contribution in [3.63, 3.8) is 0 Å². The lowest BCUT2D eigenvalue weighted by Gasteiger charge is -2.26. The van der Waals surface area contributed by atoms with E-state index in [1.807, 2.05) is 0 Å². The zero-order chi connectivity index (χ0) is 26.5. The number of aromatic nitrogens is 2. The van der Waals surface area contributed by atoms with Gasteiger partial charge in [-0.2, -0.15) is 4.98 Å². The largest absolute Gasteiger partial charge is 0.444 e. The van der Waals surface area contributed by atoms with Crippen LogP contribution < -0.4 is 10.6 Å². The molecule has 1 saturated carbocycles. The predicted molar refractivity (Wildman–Crippen MR) is 131 cm³/mol. The SMILES string of the molecule is CC[C@H](NC(=O)[C@H](CS(=O)(=O)Cc1ccccc1)NC(=O)OC(C)(C)C)[C@H](O)c1nc(C2CC2)no1. The van der Waals surface area contributed by atoms with Crippen molar-refractivity contribution in [3.8, 4) is 0 Å². The first-order chi connectivity index (χ1) is 16.9. The van der Waals surface area contributed by atoms with E-state index in [4.69, 9.17) is 9.26 Å². The van der Waals surface area contributed by atoms with Crippen molar-refractivity contribution in [3.05, 3.63) is 47.6 Å². The highest BCUT2D eigenvalue weighted by atomic mass is 32.2. The fraction of sp³-hybridized carbons (Fsp3) is 0.583. The van der Waals surface area contributed by atoms with Crippen molar-refractivity contribution >= 4 is 21.8 Å². The maximum absolute atomic E-state index is 13.2. The van der Waals surface area contributed by atoms with Crippen LogP contribution in [0.4, 0.5) is 4.79 Å². The van der Waals surface area contributed by atoms with E-state index in [0.29, 0.717) is 11.4 Å². The van der Waals surface area contributed by atoms with Crippen molar-refractivity contribution in [1.82, 2.24) is 20.8 Å². The number of alkyl carbamates (subject to hydrolysis) is 1. The van der Waals surface area contributed by atoms with Crippen LogP contribution in [-0.2, 0) is 25.1 Å². The molecule has 36 heavy (non-hydrogen) atoms. The number of hydrogen-bond donors (Lipinski definition) is 3. The molecule has 1 heterocycles. The summed E-state index contributed by atoms with van der Waals surface area (Å²) in [6, 6.07) is 6.21. The summed E-state index contributed by atoms with van der Waals surface area (Å²) >= 11 is 0. The van der Waals surface area contributed by atoms with Crippen LogP contribution in [0, 0.1) is 0 Å². The molecule has 0 radical (unpaired) electrons. The van der Waals surface area contributed by atoms with Gasteiger partial charge in [-0.1, -0.05) is 42.4 Å². The van der Waals surface area contributed by atoms with Crippen molar-refractivity contribution in [1.29, 1.82) is 0 Å². The molecule has 3 atom stereocenters. The Balaban J connectivity index is 1.74. The summed E-state index contributed by atoms with van der Waals surface area (Å²) < 4.78 is 36.2. The van der Waals surface area contributed by atoms with Crippen LogP contribution in [0.3, 0.4) is 0 Å². The summed E-state index contributed by atoms with van der Waals surface area (Å²) in [6.45, 7) is 6.68. The zero-order valence-corrected chi connectivity index (χ0v) is 21.7. The molecule has 12 heteroatoms. The molecular weight excluding hydrogens is 488 g/mol. The molecule has 1 aliphatic rings. The Morgan fingerprint density at radius 3 is 2.44 bits per heavy atom. The maximum Gasteiger partial charge on any atom is 0.408 e. The molecule has 1 aliphatic carbocycles. The van der Waals surface area contributed by atoms with Gasteiger partial charge in [-0.3, -0.25) is 4.79 Å². The molecule has 0 unspecified atom stereocenters.